The van der Waals surface area contributed by atoms with Crippen LogP contribution in [0.15, 0.2) is 48.5 Å². The van der Waals surface area contributed by atoms with E-state index in [1.807, 2.05) is 48.5 Å². The molecule has 172 valence electrons. The summed E-state index contributed by atoms with van der Waals surface area (Å²) in [6.07, 6.45) is 0. The normalized spacial score (nSPS) is 14.1. The van der Waals surface area contributed by atoms with Gasteiger partial charge in [0.15, 0.2) is 13.2 Å². The summed E-state index contributed by atoms with van der Waals surface area (Å²) in [7, 11) is 0. The molecule has 0 radical (unpaired) electrons. The van der Waals surface area contributed by atoms with E-state index in [1.54, 1.807) is 9.80 Å². The Morgan fingerprint density at radius 3 is 1.25 bits per heavy atom. The number of amides is 2. The topological polar surface area (TPSA) is 59.1 Å². The van der Waals surface area contributed by atoms with Crippen molar-refractivity contribution in [3.05, 3.63) is 59.7 Å². The summed E-state index contributed by atoms with van der Waals surface area (Å²) in [4.78, 5) is 28.5. The molecule has 1 saturated heterocycles. The smallest absolute Gasteiger partial charge is 0.260 e. The molecule has 0 N–H and O–H groups in total. The number of ether oxygens (including phenoxy) is 2. The number of benzene rings is 2. The Kier molecular flexibility index (Phi) is 8.14. The number of hydrogen-bond acceptors (Lipinski definition) is 4. The summed E-state index contributed by atoms with van der Waals surface area (Å²) < 4.78 is 11.3. The van der Waals surface area contributed by atoms with E-state index >= 15 is 0 Å². The molecule has 1 aliphatic heterocycles. The average molecular weight is 439 g/mol. The van der Waals surface area contributed by atoms with Gasteiger partial charge in [-0.15, -0.1) is 0 Å². The van der Waals surface area contributed by atoms with E-state index in [4.69, 9.17) is 9.47 Å². The summed E-state index contributed by atoms with van der Waals surface area (Å²) in [5, 5.41) is 0. The molecule has 32 heavy (non-hydrogen) atoms. The van der Waals surface area contributed by atoms with Crippen LogP contribution in [0.1, 0.15) is 50.7 Å². The van der Waals surface area contributed by atoms with Gasteiger partial charge in [-0.2, -0.15) is 0 Å². The van der Waals surface area contributed by atoms with Gasteiger partial charge in [-0.1, -0.05) is 52.0 Å². The van der Waals surface area contributed by atoms with Crippen LogP contribution in [0.5, 0.6) is 11.5 Å². The first-order valence-corrected chi connectivity index (χ1v) is 11.3. The lowest BCUT2D eigenvalue weighted by atomic mass is 10.0. The lowest BCUT2D eigenvalue weighted by Gasteiger charge is -2.34. The number of hydrogen-bond donors (Lipinski definition) is 0. The van der Waals surface area contributed by atoms with E-state index in [1.165, 1.54) is 11.1 Å². The largest absolute Gasteiger partial charge is 0.484 e. The molecule has 3 rings (SSSR count). The van der Waals surface area contributed by atoms with Gasteiger partial charge in [0.2, 0.25) is 0 Å². The third kappa shape index (κ3) is 6.49. The fourth-order valence-corrected chi connectivity index (χ4v) is 3.58. The zero-order valence-electron chi connectivity index (χ0n) is 19.5. The highest BCUT2D eigenvalue weighted by atomic mass is 16.5. The van der Waals surface area contributed by atoms with Crippen molar-refractivity contribution in [2.24, 2.45) is 0 Å². The molecule has 0 atom stereocenters. The summed E-state index contributed by atoms with van der Waals surface area (Å²) in [5.74, 6) is 2.17. The minimum atomic E-state index is -0.0634. The molecule has 2 aromatic carbocycles. The van der Waals surface area contributed by atoms with Gasteiger partial charge in [-0.25, -0.2) is 0 Å². The van der Waals surface area contributed by atoms with Crippen molar-refractivity contribution < 1.29 is 19.1 Å². The number of carbonyl (C=O) groups is 2. The molecule has 0 saturated carbocycles. The van der Waals surface area contributed by atoms with Gasteiger partial charge in [-0.3, -0.25) is 9.59 Å². The van der Waals surface area contributed by atoms with E-state index in [9.17, 15) is 9.59 Å². The van der Waals surface area contributed by atoms with Gasteiger partial charge in [-0.05, 0) is 47.2 Å². The summed E-state index contributed by atoms with van der Waals surface area (Å²) in [5.41, 5.74) is 2.47. The molecule has 1 heterocycles. The second kappa shape index (κ2) is 11.0. The van der Waals surface area contributed by atoms with Crippen LogP contribution in [-0.4, -0.2) is 61.0 Å². The fraction of sp³-hybridized carbons (Fsp3) is 0.462. The van der Waals surface area contributed by atoms with Crippen LogP contribution in [0.25, 0.3) is 0 Å². The van der Waals surface area contributed by atoms with Crippen molar-refractivity contribution in [2.75, 3.05) is 39.4 Å². The van der Waals surface area contributed by atoms with E-state index in [0.29, 0.717) is 49.5 Å². The molecule has 2 aromatic rings. The maximum atomic E-state index is 12.5. The number of piperazine rings is 1. The van der Waals surface area contributed by atoms with E-state index in [-0.39, 0.29) is 25.0 Å². The molecule has 1 fully saturated rings. The van der Waals surface area contributed by atoms with Crippen LogP contribution >= 0.6 is 0 Å². The second-order valence-corrected chi connectivity index (χ2v) is 8.79. The standard InChI is InChI=1S/C26H34N2O4/c1-19(2)21-5-9-23(10-6-21)31-17-25(29)27-13-15-28(16-14-27)26(30)18-32-24-11-7-22(8-12-24)20(3)4/h5-12,19-20H,13-18H2,1-4H3. The number of carbonyl (C=O) groups excluding carboxylic acids is 2. The Morgan fingerprint density at radius 2 is 0.969 bits per heavy atom. The second-order valence-electron chi connectivity index (χ2n) is 8.79. The lowest BCUT2D eigenvalue weighted by Crippen LogP contribution is -2.52. The van der Waals surface area contributed by atoms with Gasteiger partial charge < -0.3 is 19.3 Å². The highest BCUT2D eigenvalue weighted by Crippen LogP contribution is 2.20. The van der Waals surface area contributed by atoms with Crippen LogP contribution in [-0.2, 0) is 9.59 Å². The van der Waals surface area contributed by atoms with Crippen molar-refractivity contribution >= 4 is 11.8 Å². The highest BCUT2D eigenvalue weighted by molar-refractivity contribution is 5.80. The minimum absolute atomic E-state index is 0.00442. The first-order valence-electron chi connectivity index (χ1n) is 11.3. The van der Waals surface area contributed by atoms with Crippen molar-refractivity contribution in [2.45, 2.75) is 39.5 Å². The van der Waals surface area contributed by atoms with Crippen molar-refractivity contribution in [3.63, 3.8) is 0 Å². The van der Waals surface area contributed by atoms with Crippen molar-refractivity contribution in [1.29, 1.82) is 0 Å². The molecule has 0 unspecified atom stereocenters. The zero-order chi connectivity index (χ0) is 23.1. The fourth-order valence-electron chi connectivity index (χ4n) is 3.58. The Hall–Kier alpha value is -3.02. The van der Waals surface area contributed by atoms with Crippen LogP contribution < -0.4 is 9.47 Å². The quantitative estimate of drug-likeness (QED) is 0.624. The summed E-state index contributed by atoms with van der Waals surface area (Å²) >= 11 is 0. The third-order valence-electron chi connectivity index (χ3n) is 5.80. The Balaban J connectivity index is 1.38. The SMILES string of the molecule is CC(C)c1ccc(OCC(=O)N2CCN(C(=O)COc3ccc(C(C)C)cc3)CC2)cc1. The summed E-state index contributed by atoms with van der Waals surface area (Å²) in [6.45, 7) is 10.6. The maximum absolute atomic E-state index is 12.5. The molecule has 6 nitrogen and oxygen atoms in total. The summed E-state index contributed by atoms with van der Waals surface area (Å²) in [6, 6.07) is 15.7. The first-order chi connectivity index (χ1) is 15.3. The number of nitrogens with zero attached hydrogens (tertiary/aromatic N) is 2. The highest BCUT2D eigenvalue weighted by Gasteiger charge is 2.24. The molecule has 0 aliphatic carbocycles. The van der Waals surface area contributed by atoms with Crippen molar-refractivity contribution in [3.8, 4) is 11.5 Å². The average Bonchev–Trinajstić information content (AvgIpc) is 2.81. The Labute approximate surface area is 191 Å². The van der Waals surface area contributed by atoms with Crippen LogP contribution in [0, 0.1) is 0 Å². The van der Waals surface area contributed by atoms with E-state index < -0.39 is 0 Å². The number of rotatable bonds is 8. The van der Waals surface area contributed by atoms with Gasteiger partial charge in [0.05, 0.1) is 0 Å². The minimum Gasteiger partial charge on any atom is -0.484 e. The maximum Gasteiger partial charge on any atom is 0.260 e. The molecule has 0 bridgehead atoms. The van der Waals surface area contributed by atoms with E-state index in [2.05, 4.69) is 27.7 Å². The van der Waals surface area contributed by atoms with Crippen molar-refractivity contribution in [1.82, 2.24) is 9.80 Å². The molecule has 2 amide bonds. The molecule has 0 aromatic heterocycles. The van der Waals surface area contributed by atoms with Crippen LogP contribution in [0.4, 0.5) is 0 Å². The zero-order valence-corrected chi connectivity index (χ0v) is 19.5. The van der Waals surface area contributed by atoms with Gasteiger partial charge in [0.25, 0.3) is 11.8 Å². The lowest BCUT2D eigenvalue weighted by molar-refractivity contribution is -0.141. The van der Waals surface area contributed by atoms with Gasteiger partial charge in [0, 0.05) is 26.2 Å². The molecule has 1 aliphatic rings. The molecule has 6 heteroatoms. The molecular weight excluding hydrogens is 404 g/mol. The Morgan fingerprint density at radius 1 is 0.656 bits per heavy atom. The monoisotopic (exact) mass is 438 g/mol. The van der Waals surface area contributed by atoms with Crippen LogP contribution in [0.2, 0.25) is 0 Å². The Bertz CT molecular complexity index is 808. The van der Waals surface area contributed by atoms with Crippen LogP contribution in [0.3, 0.4) is 0 Å². The predicted octanol–water partition coefficient (Wildman–Crippen LogP) is 4.06. The molecule has 0 spiro atoms. The third-order valence-corrected chi connectivity index (χ3v) is 5.80. The van der Waals surface area contributed by atoms with Gasteiger partial charge in [0.1, 0.15) is 11.5 Å². The first kappa shape index (κ1) is 23.6. The predicted molar refractivity (Wildman–Crippen MR) is 125 cm³/mol. The van der Waals surface area contributed by atoms with Gasteiger partial charge >= 0.3 is 0 Å². The van der Waals surface area contributed by atoms with E-state index in [0.717, 1.165) is 0 Å². The molecular formula is C26H34N2O4.